The molecule has 0 radical (unpaired) electrons. The lowest BCUT2D eigenvalue weighted by molar-refractivity contribution is 0.0926. The van der Waals surface area contributed by atoms with E-state index in [4.69, 9.17) is 4.74 Å². The minimum atomic E-state index is -0.0901. The Kier molecular flexibility index (Phi) is 5.17. The summed E-state index contributed by atoms with van der Waals surface area (Å²) in [6.45, 7) is 7.14. The Morgan fingerprint density at radius 3 is 3.21 bits per heavy atom. The third-order valence-electron chi connectivity index (χ3n) is 3.04. The summed E-state index contributed by atoms with van der Waals surface area (Å²) in [4.78, 5) is 20.8. The molecule has 7 heteroatoms. The summed E-state index contributed by atoms with van der Waals surface area (Å²) >= 11 is 2.05. The van der Waals surface area contributed by atoms with E-state index < -0.39 is 0 Å². The van der Waals surface area contributed by atoms with Crippen LogP contribution >= 0.6 is 22.6 Å². The fraction of sp³-hybridized carbons (Fsp3) is 0.667. The van der Waals surface area contributed by atoms with Crippen molar-refractivity contribution in [2.45, 2.75) is 25.9 Å². The number of hydrogen-bond donors (Lipinski definition) is 2. The van der Waals surface area contributed by atoms with E-state index in [1.165, 1.54) is 6.33 Å². The molecule has 2 rings (SSSR count). The van der Waals surface area contributed by atoms with Gasteiger partial charge in [-0.3, -0.25) is 4.79 Å². The molecule has 1 aromatic rings. The summed E-state index contributed by atoms with van der Waals surface area (Å²) in [5.41, 5.74) is -0.0901. The van der Waals surface area contributed by atoms with Crippen molar-refractivity contribution in [2.24, 2.45) is 0 Å². The SMILES string of the molecule is CC(C)NCC1COCCN1c1nc[nH]c(=O)c1I. The second-order valence-electron chi connectivity index (χ2n) is 4.85. The van der Waals surface area contributed by atoms with Crippen LogP contribution in [0.4, 0.5) is 5.82 Å². The lowest BCUT2D eigenvalue weighted by Crippen LogP contribution is -2.52. The number of hydrogen-bond acceptors (Lipinski definition) is 5. The van der Waals surface area contributed by atoms with Gasteiger partial charge in [0, 0.05) is 19.1 Å². The van der Waals surface area contributed by atoms with Crippen molar-refractivity contribution in [3.63, 3.8) is 0 Å². The lowest BCUT2D eigenvalue weighted by Gasteiger charge is -2.37. The van der Waals surface area contributed by atoms with Crippen LogP contribution in [0, 0.1) is 3.57 Å². The third kappa shape index (κ3) is 3.67. The van der Waals surface area contributed by atoms with Crippen LogP contribution in [0.2, 0.25) is 0 Å². The quantitative estimate of drug-likeness (QED) is 0.751. The molecule has 1 atom stereocenters. The summed E-state index contributed by atoms with van der Waals surface area (Å²) < 4.78 is 6.17. The number of H-pyrrole nitrogens is 1. The normalized spacial score (nSPS) is 20.0. The number of aromatic nitrogens is 2. The van der Waals surface area contributed by atoms with Gasteiger partial charge in [0.05, 0.1) is 25.6 Å². The highest BCUT2D eigenvalue weighted by Gasteiger charge is 2.26. The van der Waals surface area contributed by atoms with E-state index >= 15 is 0 Å². The molecule has 0 spiro atoms. The molecule has 0 aromatic carbocycles. The van der Waals surface area contributed by atoms with Crippen molar-refractivity contribution in [3.05, 3.63) is 20.3 Å². The first-order valence-electron chi connectivity index (χ1n) is 6.40. The van der Waals surface area contributed by atoms with Gasteiger partial charge in [0.25, 0.3) is 5.56 Å². The van der Waals surface area contributed by atoms with Gasteiger partial charge in [-0.2, -0.15) is 0 Å². The van der Waals surface area contributed by atoms with Gasteiger partial charge in [-0.25, -0.2) is 4.98 Å². The van der Waals surface area contributed by atoms with E-state index in [0.717, 1.165) is 18.9 Å². The molecule has 1 aromatic heterocycles. The number of nitrogens with one attached hydrogen (secondary N) is 2. The Hall–Kier alpha value is -0.670. The summed E-state index contributed by atoms with van der Waals surface area (Å²) in [6, 6.07) is 0.633. The number of morpholine rings is 1. The van der Waals surface area contributed by atoms with Gasteiger partial charge in [-0.1, -0.05) is 13.8 Å². The number of ether oxygens (including phenoxy) is 1. The molecule has 1 aliphatic heterocycles. The van der Waals surface area contributed by atoms with E-state index in [9.17, 15) is 4.79 Å². The number of rotatable bonds is 4. The van der Waals surface area contributed by atoms with E-state index in [1.54, 1.807) is 0 Å². The fourth-order valence-corrected chi connectivity index (χ4v) is 2.65. The van der Waals surface area contributed by atoms with Crippen LogP contribution in [-0.4, -0.2) is 48.4 Å². The molecular weight excluding hydrogens is 359 g/mol. The van der Waals surface area contributed by atoms with E-state index in [1.807, 2.05) is 22.6 Å². The lowest BCUT2D eigenvalue weighted by atomic mass is 10.2. The summed E-state index contributed by atoms with van der Waals surface area (Å²) in [7, 11) is 0. The van der Waals surface area contributed by atoms with Crippen LogP contribution in [0.25, 0.3) is 0 Å². The number of aromatic amines is 1. The predicted molar refractivity (Wildman–Crippen MR) is 82.7 cm³/mol. The number of anilines is 1. The molecule has 1 saturated heterocycles. The van der Waals surface area contributed by atoms with Crippen LogP contribution in [0.3, 0.4) is 0 Å². The van der Waals surface area contributed by atoms with Crippen LogP contribution in [-0.2, 0) is 4.74 Å². The molecule has 6 nitrogen and oxygen atoms in total. The molecule has 0 amide bonds. The Labute approximate surface area is 126 Å². The minimum Gasteiger partial charge on any atom is -0.377 e. The maximum absolute atomic E-state index is 11.7. The number of nitrogens with zero attached hydrogens (tertiary/aromatic N) is 2. The fourth-order valence-electron chi connectivity index (χ4n) is 2.05. The largest absolute Gasteiger partial charge is 0.377 e. The van der Waals surface area contributed by atoms with Crippen molar-refractivity contribution in [1.29, 1.82) is 0 Å². The van der Waals surface area contributed by atoms with Gasteiger partial charge in [-0.15, -0.1) is 0 Å². The van der Waals surface area contributed by atoms with Crippen LogP contribution < -0.4 is 15.8 Å². The predicted octanol–water partition coefficient (Wildman–Crippen LogP) is 0.578. The topological polar surface area (TPSA) is 70.2 Å². The number of halogens is 1. The smallest absolute Gasteiger partial charge is 0.266 e. The highest BCUT2D eigenvalue weighted by atomic mass is 127. The molecule has 1 fully saturated rings. The summed E-state index contributed by atoms with van der Waals surface area (Å²) in [5, 5.41) is 3.41. The highest BCUT2D eigenvalue weighted by Crippen LogP contribution is 2.20. The zero-order valence-electron chi connectivity index (χ0n) is 11.1. The second-order valence-corrected chi connectivity index (χ2v) is 5.93. The minimum absolute atomic E-state index is 0.0901. The Morgan fingerprint density at radius 2 is 2.47 bits per heavy atom. The first kappa shape index (κ1) is 14.7. The maximum atomic E-state index is 11.7. The van der Waals surface area contributed by atoms with Gasteiger partial charge < -0.3 is 19.9 Å². The summed E-state index contributed by atoms with van der Waals surface area (Å²) in [6.07, 6.45) is 1.46. The Balaban J connectivity index is 2.19. The second kappa shape index (κ2) is 6.67. The van der Waals surface area contributed by atoms with Crippen molar-refractivity contribution in [2.75, 3.05) is 31.2 Å². The van der Waals surface area contributed by atoms with Gasteiger partial charge in [0.15, 0.2) is 0 Å². The third-order valence-corrected chi connectivity index (χ3v) is 4.01. The van der Waals surface area contributed by atoms with Crippen molar-refractivity contribution in [1.82, 2.24) is 15.3 Å². The molecule has 1 unspecified atom stereocenters. The zero-order chi connectivity index (χ0) is 13.8. The monoisotopic (exact) mass is 378 g/mol. The molecule has 2 heterocycles. The van der Waals surface area contributed by atoms with Gasteiger partial charge in [0.1, 0.15) is 9.39 Å². The van der Waals surface area contributed by atoms with Crippen LogP contribution in [0.1, 0.15) is 13.8 Å². The van der Waals surface area contributed by atoms with Gasteiger partial charge in [0.2, 0.25) is 0 Å². The molecule has 19 heavy (non-hydrogen) atoms. The Bertz CT molecular complexity index is 477. The van der Waals surface area contributed by atoms with Crippen LogP contribution in [0.5, 0.6) is 0 Å². The van der Waals surface area contributed by atoms with E-state index in [0.29, 0.717) is 22.8 Å². The maximum Gasteiger partial charge on any atom is 0.266 e. The first-order chi connectivity index (χ1) is 9.09. The van der Waals surface area contributed by atoms with Gasteiger partial charge in [-0.05, 0) is 22.6 Å². The van der Waals surface area contributed by atoms with Crippen molar-refractivity contribution < 1.29 is 4.74 Å². The molecule has 1 aliphatic rings. The van der Waals surface area contributed by atoms with Gasteiger partial charge >= 0.3 is 0 Å². The van der Waals surface area contributed by atoms with E-state index in [-0.39, 0.29) is 11.6 Å². The molecule has 106 valence electrons. The van der Waals surface area contributed by atoms with Crippen LogP contribution in [0.15, 0.2) is 11.1 Å². The standard InChI is InChI=1S/C12H19IN4O2/c1-8(2)14-5-9-6-19-4-3-17(9)11-10(13)12(18)16-7-15-11/h7-9,14H,3-6H2,1-2H3,(H,15,16,18). The zero-order valence-corrected chi connectivity index (χ0v) is 13.3. The van der Waals surface area contributed by atoms with Crippen molar-refractivity contribution in [3.8, 4) is 0 Å². The molecule has 2 N–H and O–H groups in total. The molecule has 0 aliphatic carbocycles. The highest BCUT2D eigenvalue weighted by molar-refractivity contribution is 14.1. The average molecular weight is 378 g/mol. The Morgan fingerprint density at radius 1 is 1.68 bits per heavy atom. The molecule has 0 saturated carbocycles. The summed E-state index contributed by atoms with van der Waals surface area (Å²) in [5.74, 6) is 0.753. The first-order valence-corrected chi connectivity index (χ1v) is 7.48. The van der Waals surface area contributed by atoms with Crippen molar-refractivity contribution >= 4 is 28.4 Å². The molecular formula is C12H19IN4O2. The van der Waals surface area contributed by atoms with E-state index in [2.05, 4.69) is 34.0 Å². The average Bonchev–Trinajstić information content (AvgIpc) is 2.40. The molecule has 0 bridgehead atoms.